The van der Waals surface area contributed by atoms with Gasteiger partial charge < -0.3 is 21.1 Å². The average molecular weight is 456 g/mol. The van der Waals surface area contributed by atoms with E-state index >= 15 is 4.39 Å². The normalized spacial score (nSPS) is 16.8. The van der Waals surface area contributed by atoms with E-state index in [0.717, 1.165) is 18.4 Å². The molecular weight excluding hydrogens is 425 g/mol. The number of nitrogens with two attached hydrogens (primary N) is 1. The number of fused-ring (bicyclic) bond motifs is 1. The highest BCUT2D eigenvalue weighted by Crippen LogP contribution is 2.34. The van der Waals surface area contributed by atoms with Crippen molar-refractivity contribution in [2.24, 2.45) is 10.7 Å². The first-order valence-electron chi connectivity index (χ1n) is 10.8. The summed E-state index contributed by atoms with van der Waals surface area (Å²) in [6.07, 6.45) is 6.57. The van der Waals surface area contributed by atoms with Crippen LogP contribution in [0, 0.1) is 5.82 Å². The van der Waals surface area contributed by atoms with Crippen molar-refractivity contribution in [3.05, 3.63) is 47.3 Å². The number of carbonyl (C=O) groups excluding carboxylic acids is 1. The number of halogens is 1. The lowest BCUT2D eigenvalue weighted by Gasteiger charge is -2.24. The number of aliphatic imine (C=N–C) groups is 1. The van der Waals surface area contributed by atoms with Crippen molar-refractivity contribution in [2.45, 2.75) is 58.1 Å². The number of ether oxygens (including phenoxy) is 1. The van der Waals surface area contributed by atoms with Gasteiger partial charge in [-0.2, -0.15) is 4.98 Å². The summed E-state index contributed by atoms with van der Waals surface area (Å²) in [6, 6.07) is 3.13. The van der Waals surface area contributed by atoms with Crippen LogP contribution in [-0.2, 0) is 11.2 Å². The Balaban J connectivity index is 1.91. The molecule has 1 aliphatic rings. The van der Waals surface area contributed by atoms with Crippen molar-refractivity contribution in [3.63, 3.8) is 0 Å². The minimum absolute atomic E-state index is 0.193. The van der Waals surface area contributed by atoms with Crippen LogP contribution in [0.3, 0.4) is 0 Å². The number of nitrogens with one attached hydrogen (secondary N) is 2. The van der Waals surface area contributed by atoms with E-state index in [1.807, 2.05) is 6.07 Å². The zero-order valence-electron chi connectivity index (χ0n) is 19.4. The first kappa shape index (κ1) is 24.1. The summed E-state index contributed by atoms with van der Waals surface area (Å²) in [4.78, 5) is 28.8. The molecule has 1 heterocycles. The minimum Gasteiger partial charge on any atom is -0.444 e. The smallest absolute Gasteiger partial charge is 0.408 e. The summed E-state index contributed by atoms with van der Waals surface area (Å²) in [6.45, 7) is 5.41. The number of hydrogen-bond donors (Lipinski definition) is 3. The molecule has 33 heavy (non-hydrogen) atoms. The molecule has 1 atom stereocenters. The van der Waals surface area contributed by atoms with Crippen molar-refractivity contribution in [3.8, 4) is 11.4 Å². The standard InChI is InChI=1S/C23H30FN7O2/c1-23(2,3)33-22(32)30-18-8-6-5-7-16-15(18)9-10-17(19(16)24)20-27-13-28-21(31-20)29-14(11-25)12-26-4/h9-13,18H,5-8,25H2,1-4H3,(H,30,32)(H,27,28,29,31)/b14-11+,26-12?/t18-/m1/s1. The lowest BCUT2D eigenvalue weighted by atomic mass is 9.95. The Kier molecular flexibility index (Phi) is 7.57. The highest BCUT2D eigenvalue weighted by Gasteiger charge is 2.27. The maximum absolute atomic E-state index is 15.7. The maximum Gasteiger partial charge on any atom is 0.408 e. The Labute approximate surface area is 192 Å². The van der Waals surface area contributed by atoms with Crippen LogP contribution in [0.2, 0.25) is 0 Å². The van der Waals surface area contributed by atoms with E-state index in [4.69, 9.17) is 10.5 Å². The van der Waals surface area contributed by atoms with Gasteiger partial charge in [0.2, 0.25) is 5.95 Å². The molecule has 2 aromatic rings. The Morgan fingerprint density at radius 3 is 2.79 bits per heavy atom. The molecule has 176 valence electrons. The molecule has 0 aliphatic heterocycles. The van der Waals surface area contributed by atoms with Gasteiger partial charge in [-0.15, -0.1) is 0 Å². The number of benzene rings is 1. The molecule has 0 radical (unpaired) electrons. The van der Waals surface area contributed by atoms with Crippen molar-refractivity contribution in [1.82, 2.24) is 20.3 Å². The molecular formula is C23H30FN7O2. The van der Waals surface area contributed by atoms with Crippen LogP contribution in [0.1, 0.15) is 57.2 Å². The Hall–Kier alpha value is -3.56. The zero-order chi connectivity index (χ0) is 24.0. The Bertz CT molecular complexity index is 1060. The Morgan fingerprint density at radius 1 is 1.30 bits per heavy atom. The summed E-state index contributed by atoms with van der Waals surface area (Å²) in [5.41, 5.74) is 7.02. The second kappa shape index (κ2) is 10.4. The van der Waals surface area contributed by atoms with E-state index in [-0.39, 0.29) is 23.4 Å². The van der Waals surface area contributed by atoms with Crippen molar-refractivity contribution in [2.75, 3.05) is 12.4 Å². The van der Waals surface area contributed by atoms with Crippen LogP contribution in [0.4, 0.5) is 15.1 Å². The molecule has 3 rings (SSSR count). The summed E-state index contributed by atoms with van der Waals surface area (Å²) >= 11 is 0. The molecule has 0 spiro atoms. The van der Waals surface area contributed by atoms with Gasteiger partial charge in [-0.25, -0.2) is 19.2 Å². The van der Waals surface area contributed by atoms with E-state index in [2.05, 4.69) is 30.6 Å². The highest BCUT2D eigenvalue weighted by atomic mass is 19.1. The molecule has 1 aromatic heterocycles. The molecule has 9 nitrogen and oxygen atoms in total. The molecule has 0 unspecified atom stereocenters. The molecule has 1 aliphatic carbocycles. The van der Waals surface area contributed by atoms with E-state index < -0.39 is 17.5 Å². The van der Waals surface area contributed by atoms with Gasteiger partial charge in [-0.05, 0) is 57.2 Å². The van der Waals surface area contributed by atoms with Crippen molar-refractivity contribution in [1.29, 1.82) is 0 Å². The molecule has 0 fully saturated rings. The third-order valence-corrected chi connectivity index (χ3v) is 5.03. The molecule has 1 aromatic carbocycles. The highest BCUT2D eigenvalue weighted by molar-refractivity contribution is 5.82. The molecule has 4 N–H and O–H groups in total. The Morgan fingerprint density at radius 2 is 2.09 bits per heavy atom. The summed E-state index contributed by atoms with van der Waals surface area (Å²) in [5, 5.41) is 5.82. The van der Waals surface area contributed by atoms with Gasteiger partial charge in [-0.1, -0.05) is 12.5 Å². The number of hydrogen-bond acceptors (Lipinski definition) is 8. The summed E-state index contributed by atoms with van der Waals surface area (Å²) < 4.78 is 21.1. The fourth-order valence-electron chi connectivity index (χ4n) is 3.67. The third kappa shape index (κ3) is 6.24. The van der Waals surface area contributed by atoms with Crippen LogP contribution in [0.25, 0.3) is 11.4 Å². The van der Waals surface area contributed by atoms with Gasteiger partial charge in [0, 0.05) is 19.5 Å². The number of anilines is 1. The number of rotatable bonds is 5. The second-order valence-electron chi connectivity index (χ2n) is 8.71. The number of carbonyl (C=O) groups is 1. The number of nitrogens with zero attached hydrogens (tertiary/aromatic N) is 4. The number of amides is 1. The summed E-state index contributed by atoms with van der Waals surface area (Å²) in [7, 11) is 1.61. The van der Waals surface area contributed by atoms with E-state index in [1.54, 1.807) is 33.9 Å². The lowest BCUT2D eigenvalue weighted by molar-refractivity contribution is 0.0501. The van der Waals surface area contributed by atoms with Crippen LogP contribution in [0.15, 0.2) is 35.3 Å². The predicted molar refractivity (Wildman–Crippen MR) is 125 cm³/mol. The quantitative estimate of drug-likeness (QED) is 0.461. The van der Waals surface area contributed by atoms with E-state index in [9.17, 15) is 4.79 Å². The molecule has 0 saturated heterocycles. The SMILES string of the molecule is CN=C/C(=C\N)Nc1ncnc(-c2ccc3c(c2F)CCCC[C@H]3NC(=O)OC(C)(C)C)n1. The van der Waals surface area contributed by atoms with Gasteiger partial charge in [0.15, 0.2) is 5.82 Å². The first-order valence-corrected chi connectivity index (χ1v) is 10.8. The van der Waals surface area contributed by atoms with Crippen LogP contribution in [-0.4, -0.2) is 39.9 Å². The lowest BCUT2D eigenvalue weighted by Crippen LogP contribution is -2.35. The first-order chi connectivity index (χ1) is 15.7. The number of alkyl carbamates (subject to hydrolysis) is 1. The van der Waals surface area contributed by atoms with Crippen molar-refractivity contribution >= 4 is 18.3 Å². The van der Waals surface area contributed by atoms with Gasteiger partial charge in [0.05, 0.1) is 17.3 Å². The predicted octanol–water partition coefficient (Wildman–Crippen LogP) is 3.88. The molecule has 0 bridgehead atoms. The fraction of sp³-hybridized carbons (Fsp3) is 0.435. The van der Waals surface area contributed by atoms with Crippen LogP contribution < -0.4 is 16.4 Å². The molecule has 1 amide bonds. The van der Waals surface area contributed by atoms with E-state index in [1.165, 1.54) is 18.7 Å². The monoisotopic (exact) mass is 455 g/mol. The van der Waals surface area contributed by atoms with Gasteiger partial charge in [0.1, 0.15) is 17.7 Å². The number of allylic oxidation sites excluding steroid dienone is 1. The van der Waals surface area contributed by atoms with E-state index in [0.29, 0.717) is 24.1 Å². The average Bonchev–Trinajstić information content (AvgIpc) is 2.95. The van der Waals surface area contributed by atoms with Gasteiger partial charge in [0.25, 0.3) is 0 Å². The topological polar surface area (TPSA) is 127 Å². The van der Waals surface area contributed by atoms with Gasteiger partial charge >= 0.3 is 6.09 Å². The zero-order valence-corrected chi connectivity index (χ0v) is 19.4. The largest absolute Gasteiger partial charge is 0.444 e. The second-order valence-corrected chi connectivity index (χ2v) is 8.71. The third-order valence-electron chi connectivity index (χ3n) is 5.03. The van der Waals surface area contributed by atoms with Crippen LogP contribution >= 0.6 is 0 Å². The summed E-state index contributed by atoms with van der Waals surface area (Å²) in [5.74, 6) is 0.0150. The van der Waals surface area contributed by atoms with Crippen molar-refractivity contribution < 1.29 is 13.9 Å². The molecule has 0 saturated carbocycles. The van der Waals surface area contributed by atoms with Crippen LogP contribution in [0.5, 0.6) is 0 Å². The number of aromatic nitrogens is 3. The maximum atomic E-state index is 15.7. The minimum atomic E-state index is -0.612. The van der Waals surface area contributed by atoms with Gasteiger partial charge in [-0.3, -0.25) is 4.99 Å². The fourth-order valence-corrected chi connectivity index (χ4v) is 3.67. The molecule has 10 heteroatoms.